The summed E-state index contributed by atoms with van der Waals surface area (Å²) in [6, 6.07) is 29.2. The first-order chi connectivity index (χ1) is 34.4. The minimum absolute atomic E-state index is 0.0190. The normalized spacial score (nSPS) is 16.5. The molecule has 0 fully saturated rings. The third-order valence-electron chi connectivity index (χ3n) is 13.5. The molecular formula is C56H62N4O10S. The SMILES string of the molecule is COCCOCCOCCN(C(=O)OCC(C)(C)SC)c1cc(COc2cc3c(cc2C)C(=O)N2c4ccccc4C[C@H]2CC3)cc(COc2cc3c(cc2OC)C(=O)N2c4ccccc4C[C@H]2C=N3)c1. The Kier molecular flexibility index (Phi) is 15.3. The van der Waals surface area contributed by atoms with Crippen molar-refractivity contribution >= 4 is 58.6 Å². The number of carbonyl (C=O) groups is 3. The molecule has 0 spiro atoms. The molecule has 4 aliphatic rings. The number of nitrogens with zero attached hydrogens (tertiary/aromatic N) is 4. The van der Waals surface area contributed by atoms with E-state index in [0.29, 0.717) is 72.6 Å². The second kappa shape index (κ2) is 21.9. The molecule has 15 heteroatoms. The van der Waals surface area contributed by atoms with Crippen molar-refractivity contribution in [3.63, 3.8) is 0 Å². The van der Waals surface area contributed by atoms with Gasteiger partial charge in [0.25, 0.3) is 11.8 Å². The summed E-state index contributed by atoms with van der Waals surface area (Å²) < 4.78 is 41.3. The highest BCUT2D eigenvalue weighted by molar-refractivity contribution is 7.99. The molecule has 0 aliphatic carbocycles. The average molecular weight is 983 g/mol. The van der Waals surface area contributed by atoms with E-state index in [1.807, 2.05) is 111 Å². The number of anilines is 3. The zero-order chi connectivity index (χ0) is 49.6. The van der Waals surface area contributed by atoms with Crippen molar-refractivity contribution in [3.8, 4) is 17.2 Å². The first kappa shape index (κ1) is 49.6. The largest absolute Gasteiger partial charge is 0.493 e. The van der Waals surface area contributed by atoms with Gasteiger partial charge in [-0.15, -0.1) is 0 Å². The fraction of sp³-hybridized carbons (Fsp3) is 0.393. The lowest BCUT2D eigenvalue weighted by Crippen LogP contribution is -2.37. The fourth-order valence-electron chi connectivity index (χ4n) is 9.60. The zero-order valence-electron chi connectivity index (χ0n) is 41.4. The molecule has 0 aromatic heterocycles. The van der Waals surface area contributed by atoms with Gasteiger partial charge in [-0.3, -0.25) is 24.4 Å². The van der Waals surface area contributed by atoms with Gasteiger partial charge < -0.3 is 38.1 Å². The Morgan fingerprint density at radius 2 is 1.41 bits per heavy atom. The summed E-state index contributed by atoms with van der Waals surface area (Å²) in [5.74, 6) is 1.31. The van der Waals surface area contributed by atoms with E-state index in [0.717, 1.165) is 58.5 Å². The van der Waals surface area contributed by atoms with Crippen molar-refractivity contribution in [1.29, 1.82) is 0 Å². The number of rotatable bonds is 20. The van der Waals surface area contributed by atoms with Gasteiger partial charge in [-0.25, -0.2) is 4.79 Å². The third-order valence-corrected chi connectivity index (χ3v) is 14.7. The molecule has 5 aromatic rings. The highest BCUT2D eigenvalue weighted by Crippen LogP contribution is 2.42. The summed E-state index contributed by atoms with van der Waals surface area (Å²) >= 11 is 1.61. The van der Waals surface area contributed by atoms with E-state index < -0.39 is 6.09 Å². The molecule has 4 aliphatic heterocycles. The molecular weight excluding hydrogens is 921 g/mol. The van der Waals surface area contributed by atoms with Gasteiger partial charge in [-0.2, -0.15) is 11.8 Å². The summed E-state index contributed by atoms with van der Waals surface area (Å²) in [7, 11) is 3.17. The first-order valence-corrected chi connectivity index (χ1v) is 25.4. The minimum atomic E-state index is -0.524. The number of methoxy groups -OCH3 is 2. The van der Waals surface area contributed by atoms with Crippen LogP contribution in [0.3, 0.4) is 0 Å². The average Bonchev–Trinajstić information content (AvgIpc) is 3.87. The van der Waals surface area contributed by atoms with Crippen LogP contribution in [0.25, 0.3) is 0 Å². The van der Waals surface area contributed by atoms with Crippen LogP contribution < -0.4 is 28.9 Å². The molecule has 0 saturated carbocycles. The van der Waals surface area contributed by atoms with Gasteiger partial charge in [0.15, 0.2) is 11.5 Å². The molecule has 4 heterocycles. The lowest BCUT2D eigenvalue weighted by Gasteiger charge is -2.27. The van der Waals surface area contributed by atoms with Gasteiger partial charge in [-0.05, 0) is 128 Å². The molecule has 0 bridgehead atoms. The topological polar surface area (TPSA) is 138 Å². The standard InChI is InChI=1S/C56H62N4O10S/c1-36-23-45-39(15-16-42-27-40-11-7-9-13-48(40)59(42)53(45)61)29-50(36)68-33-37-24-38(26-43(25-37)58(55(63)70-35-56(2,3)71-6)17-18-66-21-22-67-20-19-64-4)34-69-52-31-47-46(30-51(52)65-5)54(62)60-44(32-57-47)28-41-12-8-10-14-49(41)60/h7-14,23-26,29-32,42,44H,15-22,27-28,33-35H2,1-6H3/t42-,44+/m1/s1. The van der Waals surface area contributed by atoms with Crippen LogP contribution in [0, 0.1) is 6.92 Å². The van der Waals surface area contributed by atoms with Crippen LogP contribution in [0.1, 0.15) is 74.4 Å². The van der Waals surface area contributed by atoms with E-state index in [2.05, 4.69) is 6.07 Å². The van der Waals surface area contributed by atoms with E-state index in [1.165, 1.54) is 5.56 Å². The van der Waals surface area contributed by atoms with Crippen LogP contribution in [0.4, 0.5) is 27.5 Å². The molecule has 0 saturated heterocycles. The van der Waals surface area contributed by atoms with Gasteiger partial charge in [0.1, 0.15) is 25.6 Å². The summed E-state index contributed by atoms with van der Waals surface area (Å²) in [6.45, 7) is 8.48. The van der Waals surface area contributed by atoms with Crippen molar-refractivity contribution in [2.24, 2.45) is 4.99 Å². The molecule has 3 amide bonds. The molecule has 0 unspecified atom stereocenters. The molecule has 5 aromatic carbocycles. The Hall–Kier alpha value is -6.39. The van der Waals surface area contributed by atoms with Gasteiger partial charge in [0.05, 0.1) is 64.0 Å². The number of aliphatic imine (C=N–C) groups is 1. The Morgan fingerprint density at radius 1 is 0.746 bits per heavy atom. The number of aryl methyl sites for hydroxylation is 2. The second-order valence-electron chi connectivity index (χ2n) is 18.8. The number of carbonyl (C=O) groups excluding carboxylic acids is 3. The highest BCUT2D eigenvalue weighted by atomic mass is 32.2. The number of fused-ring (bicyclic) bond motifs is 8. The highest BCUT2D eigenvalue weighted by Gasteiger charge is 2.38. The van der Waals surface area contributed by atoms with Gasteiger partial charge in [0.2, 0.25) is 0 Å². The van der Waals surface area contributed by atoms with Crippen molar-refractivity contribution in [3.05, 3.63) is 136 Å². The van der Waals surface area contributed by atoms with E-state index >= 15 is 0 Å². The van der Waals surface area contributed by atoms with Crippen LogP contribution in [-0.2, 0) is 51.4 Å². The predicted molar refractivity (Wildman–Crippen MR) is 277 cm³/mol. The van der Waals surface area contributed by atoms with E-state index in [9.17, 15) is 14.4 Å². The Balaban J connectivity index is 0.998. The van der Waals surface area contributed by atoms with Crippen LogP contribution >= 0.6 is 11.8 Å². The van der Waals surface area contributed by atoms with Crippen molar-refractivity contribution in [1.82, 2.24) is 0 Å². The molecule has 372 valence electrons. The Bertz CT molecular complexity index is 2810. The maximum Gasteiger partial charge on any atom is 0.414 e. The number of thioether (sulfide) groups is 1. The maximum atomic E-state index is 14.2. The monoisotopic (exact) mass is 982 g/mol. The van der Waals surface area contributed by atoms with Crippen molar-refractivity contribution < 1.29 is 47.5 Å². The van der Waals surface area contributed by atoms with Crippen LogP contribution in [0.5, 0.6) is 17.2 Å². The molecule has 0 N–H and O–H groups in total. The van der Waals surface area contributed by atoms with Crippen molar-refractivity contribution in [2.75, 3.05) is 81.4 Å². The van der Waals surface area contributed by atoms with E-state index in [-0.39, 0.29) is 61.6 Å². The van der Waals surface area contributed by atoms with Crippen LogP contribution in [-0.4, -0.2) is 108 Å². The number of hydrogen-bond donors (Lipinski definition) is 0. The predicted octanol–water partition coefficient (Wildman–Crippen LogP) is 9.73. The molecule has 0 radical (unpaired) electrons. The molecule has 71 heavy (non-hydrogen) atoms. The molecule has 14 nitrogen and oxygen atoms in total. The van der Waals surface area contributed by atoms with Gasteiger partial charge in [0, 0.05) is 59.2 Å². The number of hydrogen-bond acceptors (Lipinski definition) is 12. The van der Waals surface area contributed by atoms with Crippen LogP contribution in [0.2, 0.25) is 0 Å². The van der Waals surface area contributed by atoms with E-state index in [4.69, 9.17) is 38.2 Å². The second-order valence-corrected chi connectivity index (χ2v) is 20.3. The Morgan fingerprint density at radius 3 is 2.13 bits per heavy atom. The lowest BCUT2D eigenvalue weighted by atomic mass is 9.98. The third kappa shape index (κ3) is 10.9. The first-order valence-electron chi connectivity index (χ1n) is 24.2. The molecule has 2 atom stereocenters. The number of amides is 3. The zero-order valence-corrected chi connectivity index (χ0v) is 42.2. The smallest absolute Gasteiger partial charge is 0.414 e. The number of ether oxygens (including phenoxy) is 7. The van der Waals surface area contributed by atoms with Gasteiger partial charge in [-0.1, -0.05) is 36.4 Å². The van der Waals surface area contributed by atoms with Crippen molar-refractivity contribution in [2.45, 2.75) is 76.5 Å². The summed E-state index contributed by atoms with van der Waals surface area (Å²) in [5, 5.41) is 0. The summed E-state index contributed by atoms with van der Waals surface area (Å²) in [5.41, 5.74) is 9.64. The molecule has 9 rings (SSSR count). The maximum absolute atomic E-state index is 14.2. The number of para-hydroxylation sites is 2. The fourth-order valence-corrected chi connectivity index (χ4v) is 9.78. The minimum Gasteiger partial charge on any atom is -0.493 e. The van der Waals surface area contributed by atoms with E-state index in [1.54, 1.807) is 47.9 Å². The number of benzene rings is 5. The quantitative estimate of drug-likeness (QED) is 0.0690. The van der Waals surface area contributed by atoms with Crippen LogP contribution in [0.15, 0.2) is 96.0 Å². The summed E-state index contributed by atoms with van der Waals surface area (Å²) in [4.78, 5) is 52.6. The lowest BCUT2D eigenvalue weighted by molar-refractivity contribution is 0.0263. The summed E-state index contributed by atoms with van der Waals surface area (Å²) in [6.07, 6.45) is 6.40. The van der Waals surface area contributed by atoms with Gasteiger partial charge >= 0.3 is 6.09 Å². The Labute approximate surface area is 420 Å².